The molecule has 0 fully saturated rings. The minimum atomic E-state index is 0.421. The van der Waals surface area contributed by atoms with Gasteiger partial charge in [0.05, 0.1) is 31.2 Å². The van der Waals surface area contributed by atoms with Crippen LogP contribution in [0.4, 0.5) is 11.5 Å². The second kappa shape index (κ2) is 9.94. The highest BCUT2D eigenvalue weighted by Gasteiger charge is 2.12. The normalized spacial score (nSPS) is 11.1. The number of thiocarbonyl (C=S) groups is 1. The highest BCUT2D eigenvalue weighted by atomic mass is 35.5. The van der Waals surface area contributed by atoms with Crippen LogP contribution in [0.1, 0.15) is 29.4 Å². The molecule has 0 amide bonds. The highest BCUT2D eigenvalue weighted by Crippen LogP contribution is 2.26. The lowest BCUT2D eigenvalue weighted by Crippen LogP contribution is -2.19. The first kappa shape index (κ1) is 23.3. The molecule has 0 aliphatic heterocycles. The smallest absolute Gasteiger partial charge is 0.176 e. The molecule has 4 aromatic rings. The molecule has 0 unspecified atom stereocenters. The van der Waals surface area contributed by atoms with Gasteiger partial charge in [-0.05, 0) is 45.1 Å². The van der Waals surface area contributed by atoms with Crippen LogP contribution >= 0.6 is 35.4 Å². The number of hydrogen-bond donors (Lipinski definition) is 2. The summed E-state index contributed by atoms with van der Waals surface area (Å²) in [7, 11) is 0. The quantitative estimate of drug-likeness (QED) is 0.341. The summed E-state index contributed by atoms with van der Waals surface area (Å²) in [5.74, 6) is 0.628. The summed E-state index contributed by atoms with van der Waals surface area (Å²) >= 11 is 18.1. The molecule has 1 aromatic carbocycles. The number of rotatable bonds is 7. The summed E-state index contributed by atoms with van der Waals surface area (Å²) in [5.41, 5.74) is 4.83. The first-order valence-corrected chi connectivity index (χ1v) is 11.6. The molecular formula is C22H24Cl2N8S. The van der Waals surface area contributed by atoms with Gasteiger partial charge in [0.15, 0.2) is 10.9 Å². The van der Waals surface area contributed by atoms with E-state index < -0.39 is 0 Å². The predicted molar refractivity (Wildman–Crippen MR) is 136 cm³/mol. The standard InChI is InChI=1S/C22H24Cl2N8S/c1-4-31-15(3)16(9-26-31)11-30-12-17(10-25-30)27-22(33)28-21-8-14(2)32(29-21)13-18-19(23)6-5-7-20(18)24/h5-10,12H,4,11,13H2,1-3H3,(H2,27,28,29,33). The van der Waals surface area contributed by atoms with Crippen LogP contribution < -0.4 is 10.6 Å². The lowest BCUT2D eigenvalue weighted by molar-refractivity contribution is 0.633. The zero-order chi connectivity index (χ0) is 23.5. The lowest BCUT2D eigenvalue weighted by atomic mass is 10.2. The minimum Gasteiger partial charge on any atom is -0.330 e. The van der Waals surface area contributed by atoms with E-state index in [1.54, 1.807) is 6.20 Å². The summed E-state index contributed by atoms with van der Waals surface area (Å²) < 4.78 is 5.65. The Morgan fingerprint density at radius 2 is 1.79 bits per heavy atom. The van der Waals surface area contributed by atoms with Gasteiger partial charge in [-0.15, -0.1) is 0 Å². The zero-order valence-electron chi connectivity index (χ0n) is 18.5. The van der Waals surface area contributed by atoms with Crippen molar-refractivity contribution >= 4 is 52.0 Å². The van der Waals surface area contributed by atoms with E-state index in [1.165, 1.54) is 0 Å². The van der Waals surface area contributed by atoms with E-state index in [4.69, 9.17) is 35.4 Å². The molecule has 0 spiro atoms. The van der Waals surface area contributed by atoms with Crippen LogP contribution in [0.5, 0.6) is 0 Å². The summed E-state index contributed by atoms with van der Waals surface area (Å²) in [6.45, 7) is 8.05. The number of halogens is 2. The number of aryl methyl sites for hydroxylation is 2. The Morgan fingerprint density at radius 3 is 2.48 bits per heavy atom. The molecule has 0 saturated heterocycles. The third kappa shape index (κ3) is 5.38. The second-order valence-corrected chi connectivity index (χ2v) is 8.83. The Hall–Kier alpha value is -2.88. The van der Waals surface area contributed by atoms with Gasteiger partial charge in [-0.25, -0.2) is 0 Å². The van der Waals surface area contributed by atoms with Crippen LogP contribution in [-0.2, 0) is 19.6 Å². The van der Waals surface area contributed by atoms with Crippen LogP contribution in [0.2, 0.25) is 10.0 Å². The molecular weight excluding hydrogens is 479 g/mol. The number of hydrogen-bond acceptors (Lipinski definition) is 4. The summed E-state index contributed by atoms with van der Waals surface area (Å²) in [5, 5.41) is 21.3. The Morgan fingerprint density at radius 1 is 1.03 bits per heavy atom. The number of anilines is 2. The largest absolute Gasteiger partial charge is 0.330 e. The van der Waals surface area contributed by atoms with E-state index in [-0.39, 0.29) is 0 Å². The molecule has 3 heterocycles. The van der Waals surface area contributed by atoms with E-state index in [0.717, 1.165) is 34.7 Å². The molecule has 172 valence electrons. The molecule has 0 aliphatic carbocycles. The van der Waals surface area contributed by atoms with Crippen molar-refractivity contribution < 1.29 is 0 Å². The Bertz CT molecular complexity index is 1270. The third-order valence-corrected chi connectivity index (χ3v) is 6.23. The zero-order valence-corrected chi connectivity index (χ0v) is 20.8. The van der Waals surface area contributed by atoms with E-state index in [2.05, 4.69) is 39.8 Å². The van der Waals surface area contributed by atoms with Crippen LogP contribution in [0, 0.1) is 13.8 Å². The van der Waals surface area contributed by atoms with Gasteiger partial charge in [-0.2, -0.15) is 15.3 Å². The predicted octanol–water partition coefficient (Wildman–Crippen LogP) is 5.13. The van der Waals surface area contributed by atoms with Crippen molar-refractivity contribution in [2.24, 2.45) is 0 Å². The van der Waals surface area contributed by atoms with Crippen molar-refractivity contribution in [1.29, 1.82) is 0 Å². The SMILES string of the molecule is CCn1ncc(Cn2cc(NC(=S)Nc3cc(C)n(Cc4c(Cl)cccc4Cl)n3)cn2)c1C. The fourth-order valence-corrected chi connectivity index (χ4v) is 4.23. The average molecular weight is 503 g/mol. The van der Waals surface area contributed by atoms with Crippen molar-refractivity contribution in [2.45, 2.75) is 40.4 Å². The molecule has 0 aliphatic rings. The number of nitrogens with one attached hydrogen (secondary N) is 2. The Kier molecular flexibility index (Phi) is 7.02. The van der Waals surface area contributed by atoms with Crippen LogP contribution in [-0.4, -0.2) is 34.5 Å². The molecule has 11 heteroatoms. The van der Waals surface area contributed by atoms with Gasteiger partial charge in [0.1, 0.15) is 0 Å². The first-order chi connectivity index (χ1) is 15.8. The van der Waals surface area contributed by atoms with Gasteiger partial charge >= 0.3 is 0 Å². The molecule has 0 bridgehead atoms. The molecule has 2 N–H and O–H groups in total. The average Bonchev–Trinajstić information content (AvgIpc) is 3.45. The van der Waals surface area contributed by atoms with E-state index in [1.807, 2.05) is 57.6 Å². The Labute approximate surface area is 207 Å². The highest BCUT2D eigenvalue weighted by molar-refractivity contribution is 7.80. The topological polar surface area (TPSA) is 77.5 Å². The van der Waals surface area contributed by atoms with Crippen LogP contribution in [0.25, 0.3) is 0 Å². The number of benzene rings is 1. The second-order valence-electron chi connectivity index (χ2n) is 7.61. The fourth-order valence-electron chi connectivity index (χ4n) is 3.49. The number of nitrogens with zero attached hydrogens (tertiary/aromatic N) is 6. The van der Waals surface area contributed by atoms with Crippen molar-refractivity contribution in [2.75, 3.05) is 10.6 Å². The van der Waals surface area contributed by atoms with Crippen molar-refractivity contribution in [3.05, 3.63) is 75.4 Å². The molecule has 3 aromatic heterocycles. The summed E-state index contributed by atoms with van der Waals surface area (Å²) in [6, 6.07) is 7.37. The van der Waals surface area contributed by atoms with Crippen LogP contribution in [0.3, 0.4) is 0 Å². The van der Waals surface area contributed by atoms with Gasteiger partial charge in [0, 0.05) is 51.4 Å². The van der Waals surface area contributed by atoms with Crippen molar-refractivity contribution in [3.63, 3.8) is 0 Å². The lowest BCUT2D eigenvalue weighted by Gasteiger charge is -2.09. The van der Waals surface area contributed by atoms with E-state index in [0.29, 0.717) is 34.1 Å². The molecule has 0 saturated carbocycles. The van der Waals surface area contributed by atoms with Crippen LogP contribution in [0.15, 0.2) is 42.9 Å². The molecule has 0 radical (unpaired) electrons. The van der Waals surface area contributed by atoms with Crippen molar-refractivity contribution in [3.8, 4) is 0 Å². The maximum absolute atomic E-state index is 6.30. The summed E-state index contributed by atoms with van der Waals surface area (Å²) in [6.07, 6.45) is 5.52. The van der Waals surface area contributed by atoms with Gasteiger partial charge in [-0.3, -0.25) is 14.0 Å². The first-order valence-electron chi connectivity index (χ1n) is 10.4. The third-order valence-electron chi connectivity index (χ3n) is 5.32. The molecule has 4 rings (SSSR count). The molecule has 0 atom stereocenters. The molecule has 8 nitrogen and oxygen atoms in total. The monoisotopic (exact) mass is 502 g/mol. The number of aromatic nitrogens is 6. The van der Waals surface area contributed by atoms with Gasteiger partial charge < -0.3 is 10.6 Å². The fraction of sp³-hybridized carbons (Fsp3) is 0.273. The molecule has 33 heavy (non-hydrogen) atoms. The van der Waals surface area contributed by atoms with E-state index in [9.17, 15) is 0 Å². The van der Waals surface area contributed by atoms with Gasteiger partial charge in [-0.1, -0.05) is 29.3 Å². The Balaban J connectivity index is 1.37. The summed E-state index contributed by atoms with van der Waals surface area (Å²) in [4.78, 5) is 0. The minimum absolute atomic E-state index is 0.421. The van der Waals surface area contributed by atoms with E-state index >= 15 is 0 Å². The van der Waals surface area contributed by atoms with Crippen molar-refractivity contribution in [1.82, 2.24) is 29.3 Å². The van der Waals surface area contributed by atoms with Gasteiger partial charge in [0.2, 0.25) is 0 Å². The van der Waals surface area contributed by atoms with Gasteiger partial charge in [0.25, 0.3) is 0 Å². The maximum Gasteiger partial charge on any atom is 0.176 e. The maximum atomic E-state index is 6.30.